The van der Waals surface area contributed by atoms with Gasteiger partial charge in [0, 0.05) is 39.4 Å². The van der Waals surface area contributed by atoms with Crippen molar-refractivity contribution in [3.8, 4) is 11.5 Å². The largest absolute Gasteiger partial charge is 0.504 e. The summed E-state index contributed by atoms with van der Waals surface area (Å²) < 4.78 is 6.92. The normalized spacial score (nSPS) is 52.8. The van der Waals surface area contributed by atoms with Crippen molar-refractivity contribution in [3.05, 3.63) is 23.3 Å². The molecule has 0 amide bonds. The third-order valence-electron chi connectivity index (χ3n) is 12.3. The molecule has 6 unspecified atom stereocenters. The molecule has 2 heterocycles. The maximum Gasteiger partial charge on any atom is 0.165 e. The Morgan fingerprint density at radius 1 is 1.12 bits per heavy atom. The van der Waals surface area contributed by atoms with E-state index in [4.69, 9.17) is 4.74 Å². The van der Waals surface area contributed by atoms with Crippen LogP contribution in [0.3, 0.4) is 0 Å². The molecule has 2 aliphatic heterocycles. The van der Waals surface area contributed by atoms with Crippen molar-refractivity contribution in [2.24, 2.45) is 22.2 Å². The van der Waals surface area contributed by atoms with Gasteiger partial charge in [0.15, 0.2) is 11.5 Å². The van der Waals surface area contributed by atoms with Crippen molar-refractivity contribution in [1.29, 1.82) is 0 Å². The number of aromatic hydroxyl groups is 1. The average molecular weight is 436 g/mol. The Hall–Kier alpha value is -1.26. The molecule has 3 spiro atoms. The zero-order chi connectivity index (χ0) is 22.3. The maximum absolute atomic E-state index is 12.1. The highest BCUT2D eigenvalue weighted by Crippen LogP contribution is 2.87. The second-order valence-corrected chi connectivity index (χ2v) is 14.2. The van der Waals surface area contributed by atoms with Crippen LogP contribution in [0.15, 0.2) is 12.1 Å². The highest BCUT2D eigenvalue weighted by molar-refractivity contribution is 5.67. The Morgan fingerprint density at radius 3 is 2.56 bits per heavy atom. The van der Waals surface area contributed by atoms with Crippen LogP contribution < -0.4 is 4.74 Å². The number of nitrogens with zero attached hydrogens (tertiary/aromatic N) is 1. The first-order valence-electron chi connectivity index (χ1n) is 13.0. The lowest BCUT2D eigenvalue weighted by atomic mass is 9.35. The van der Waals surface area contributed by atoms with E-state index in [2.05, 4.69) is 45.6 Å². The molecular weight excluding hydrogens is 398 g/mol. The van der Waals surface area contributed by atoms with Gasteiger partial charge in [-0.1, -0.05) is 33.8 Å². The Morgan fingerprint density at radius 2 is 1.88 bits per heavy atom. The van der Waals surface area contributed by atoms with Gasteiger partial charge in [0.05, 0.1) is 5.60 Å². The fourth-order valence-corrected chi connectivity index (χ4v) is 10.6. The van der Waals surface area contributed by atoms with E-state index < -0.39 is 5.60 Å². The number of likely N-dealkylation sites (tertiary alicyclic amines) is 1. The van der Waals surface area contributed by atoms with E-state index in [-0.39, 0.29) is 33.7 Å². The maximum atomic E-state index is 12.1. The molecule has 6 fully saturated rings. The van der Waals surface area contributed by atoms with Crippen molar-refractivity contribution >= 4 is 0 Å². The summed E-state index contributed by atoms with van der Waals surface area (Å²) in [4.78, 5) is 2.93. The minimum absolute atomic E-state index is 0.0160. The van der Waals surface area contributed by atoms with Gasteiger partial charge in [0.2, 0.25) is 0 Å². The Kier molecular flexibility index (Phi) is 2.85. The smallest absolute Gasteiger partial charge is 0.165 e. The molecule has 1 aromatic carbocycles. The van der Waals surface area contributed by atoms with Crippen LogP contribution in [0, 0.1) is 22.2 Å². The number of aliphatic hydroxyl groups is 1. The Labute approximate surface area is 191 Å². The zero-order valence-corrected chi connectivity index (χ0v) is 20.2. The van der Waals surface area contributed by atoms with Gasteiger partial charge in [-0.2, -0.15) is 0 Å². The van der Waals surface area contributed by atoms with Crippen LogP contribution in [-0.4, -0.2) is 44.4 Å². The monoisotopic (exact) mass is 435 g/mol. The van der Waals surface area contributed by atoms with Crippen molar-refractivity contribution in [2.45, 2.75) is 114 Å². The van der Waals surface area contributed by atoms with Gasteiger partial charge < -0.3 is 14.9 Å². The van der Waals surface area contributed by atoms with Gasteiger partial charge in [0.25, 0.3) is 0 Å². The number of hydrogen-bond donors (Lipinski definition) is 2. The number of rotatable bonds is 2. The lowest BCUT2D eigenvalue weighted by Gasteiger charge is -2.70. The van der Waals surface area contributed by atoms with E-state index in [0.29, 0.717) is 17.3 Å². The lowest BCUT2D eigenvalue weighted by Crippen LogP contribution is -2.73. The summed E-state index contributed by atoms with van der Waals surface area (Å²) in [5, 5.41) is 23.0. The molecule has 2 N–H and O–H groups in total. The van der Waals surface area contributed by atoms with Crippen LogP contribution in [0.1, 0.15) is 84.3 Å². The van der Waals surface area contributed by atoms with Gasteiger partial charge >= 0.3 is 0 Å². The molecule has 1 aromatic rings. The number of ether oxygens (including phenoxy) is 1. The van der Waals surface area contributed by atoms with Crippen LogP contribution in [0.4, 0.5) is 0 Å². The number of benzene rings is 1. The summed E-state index contributed by atoms with van der Waals surface area (Å²) in [5.41, 5.74) is 2.20. The fourth-order valence-electron chi connectivity index (χ4n) is 10.6. The molecule has 5 saturated carbocycles. The van der Waals surface area contributed by atoms with E-state index in [1.165, 1.54) is 36.8 Å². The van der Waals surface area contributed by atoms with Crippen LogP contribution in [0.2, 0.25) is 0 Å². The van der Waals surface area contributed by atoms with E-state index in [1.54, 1.807) is 0 Å². The number of hydrogen-bond acceptors (Lipinski definition) is 4. The average Bonchev–Trinajstić information content (AvgIpc) is 3.58. The van der Waals surface area contributed by atoms with Crippen molar-refractivity contribution < 1.29 is 14.9 Å². The Bertz CT molecular complexity index is 1100. The lowest BCUT2D eigenvalue weighted by molar-refractivity contribution is -0.246. The van der Waals surface area contributed by atoms with Crippen molar-refractivity contribution in [2.75, 3.05) is 0 Å². The molecule has 172 valence electrons. The first kappa shape index (κ1) is 19.1. The molecule has 4 bridgehead atoms. The molecule has 9 rings (SSSR count). The van der Waals surface area contributed by atoms with Crippen molar-refractivity contribution in [3.63, 3.8) is 0 Å². The summed E-state index contributed by atoms with van der Waals surface area (Å²) in [6, 6.07) is 5.48. The summed E-state index contributed by atoms with van der Waals surface area (Å²) in [5.74, 6) is 1.30. The highest BCUT2D eigenvalue weighted by Gasteiger charge is 2.92. The third-order valence-corrected chi connectivity index (χ3v) is 12.3. The SMILES string of the molecule is CC12CCC3(CC1C(C)(O)C(C)(C)C)[C@@H]1N(C4CC4)[C@@]14Cc1ccc(O)c5c1[C@@]3(C4)C2O5. The molecule has 32 heavy (non-hydrogen) atoms. The van der Waals surface area contributed by atoms with Gasteiger partial charge in [-0.05, 0) is 74.8 Å². The van der Waals surface area contributed by atoms with Gasteiger partial charge in [-0.3, -0.25) is 4.90 Å². The summed E-state index contributed by atoms with van der Waals surface area (Å²) in [7, 11) is 0. The minimum Gasteiger partial charge on any atom is -0.504 e. The van der Waals surface area contributed by atoms with E-state index >= 15 is 0 Å². The molecule has 9 atom stereocenters. The first-order valence-corrected chi connectivity index (χ1v) is 13.0. The predicted molar refractivity (Wildman–Crippen MR) is 122 cm³/mol. The second-order valence-electron chi connectivity index (χ2n) is 14.2. The number of phenols is 1. The predicted octanol–water partition coefficient (Wildman–Crippen LogP) is 4.54. The quantitative estimate of drug-likeness (QED) is 0.670. The molecule has 0 radical (unpaired) electrons. The minimum atomic E-state index is -0.775. The topological polar surface area (TPSA) is 52.7 Å². The zero-order valence-electron chi connectivity index (χ0n) is 20.2. The standard InChI is InChI=1S/C28H37NO3/c1-23(2,3)25(5,31)18-13-26-11-10-24(18,4)22-28(26)14-27(21(26)29(27)16-7-8-16)12-15-6-9-17(30)20(32-22)19(15)28/h6,9,16,18,21-22,30-31H,7-8,10-14H2,1-5H3/t18?,21-,22?,24?,25?,26?,27+,28-,29?/m0/s1. The van der Waals surface area contributed by atoms with Crippen molar-refractivity contribution in [1.82, 2.24) is 4.90 Å². The van der Waals surface area contributed by atoms with Crippen LogP contribution in [-0.2, 0) is 11.8 Å². The molecule has 1 saturated heterocycles. The fraction of sp³-hybridized carbons (Fsp3) is 0.786. The molecule has 4 nitrogen and oxygen atoms in total. The van der Waals surface area contributed by atoms with Crippen LogP contribution in [0.25, 0.3) is 0 Å². The number of phenolic OH excluding ortho intramolecular Hbond substituents is 1. The van der Waals surface area contributed by atoms with E-state index in [1.807, 2.05) is 6.07 Å². The Balaban J connectivity index is 1.40. The van der Waals surface area contributed by atoms with E-state index in [9.17, 15) is 10.2 Å². The van der Waals surface area contributed by atoms with Crippen LogP contribution >= 0.6 is 0 Å². The summed E-state index contributed by atoms with van der Waals surface area (Å²) >= 11 is 0. The summed E-state index contributed by atoms with van der Waals surface area (Å²) in [6.07, 6.45) is 8.55. The third kappa shape index (κ3) is 1.60. The molecular formula is C28H37NO3. The van der Waals surface area contributed by atoms with Gasteiger partial charge in [-0.25, -0.2) is 0 Å². The van der Waals surface area contributed by atoms with E-state index in [0.717, 1.165) is 31.1 Å². The molecule has 0 aromatic heterocycles. The molecule has 8 aliphatic rings. The van der Waals surface area contributed by atoms with Gasteiger partial charge in [0.1, 0.15) is 6.10 Å². The molecule has 4 heteroatoms. The summed E-state index contributed by atoms with van der Waals surface area (Å²) in [6.45, 7) is 11.1. The molecule has 6 aliphatic carbocycles. The highest BCUT2D eigenvalue weighted by atomic mass is 16.5. The first-order chi connectivity index (χ1) is 14.9. The number of piperidine rings is 1. The second kappa shape index (κ2) is 4.77. The number of fused-ring (bicyclic) bond motifs is 2. The van der Waals surface area contributed by atoms with Gasteiger partial charge in [-0.15, -0.1) is 0 Å². The van der Waals surface area contributed by atoms with Crippen LogP contribution in [0.5, 0.6) is 11.5 Å².